The fourth-order valence-electron chi connectivity index (χ4n) is 4.00. The molecule has 0 fully saturated rings. The number of methoxy groups -OCH3 is 1. The van der Waals surface area contributed by atoms with Gasteiger partial charge in [-0.1, -0.05) is 110 Å². The third-order valence-corrected chi connectivity index (χ3v) is 9.94. The molecule has 7 nitrogen and oxygen atoms in total. The van der Waals surface area contributed by atoms with Gasteiger partial charge in [0.2, 0.25) is 0 Å². The molecule has 0 amide bonds. The van der Waals surface area contributed by atoms with Crippen LogP contribution < -0.4 is 0 Å². The molecule has 0 saturated heterocycles. The minimum atomic E-state index is -3.85. The molecule has 0 heterocycles. The predicted molar refractivity (Wildman–Crippen MR) is 155 cm³/mol. The molecule has 0 spiro atoms. The molecule has 0 saturated carbocycles. The van der Waals surface area contributed by atoms with Crippen molar-refractivity contribution in [3.63, 3.8) is 0 Å². The molecular formula is C28H56FO7PSi. The summed E-state index contributed by atoms with van der Waals surface area (Å²) in [6.07, 6.45) is 14.9. The number of rotatable bonds is 26. The summed E-state index contributed by atoms with van der Waals surface area (Å²) in [6, 6.07) is 0.967. The van der Waals surface area contributed by atoms with Gasteiger partial charge in [-0.2, -0.15) is 0 Å². The molecule has 0 aromatic rings. The summed E-state index contributed by atoms with van der Waals surface area (Å²) >= 11 is 0. The molecule has 1 unspecified atom stereocenters. The van der Waals surface area contributed by atoms with Crippen LogP contribution in [0.2, 0.25) is 25.7 Å². The summed E-state index contributed by atoms with van der Waals surface area (Å²) in [6.45, 7) is 7.64. The van der Waals surface area contributed by atoms with Crippen LogP contribution in [0, 0.1) is 0 Å². The highest BCUT2D eigenvalue weighted by Crippen LogP contribution is 2.48. The van der Waals surface area contributed by atoms with Crippen LogP contribution in [0.25, 0.3) is 0 Å². The molecule has 38 heavy (non-hydrogen) atoms. The predicted octanol–water partition coefficient (Wildman–Crippen LogP) is 8.48. The van der Waals surface area contributed by atoms with Crippen molar-refractivity contribution in [1.29, 1.82) is 0 Å². The molecule has 0 aromatic heterocycles. The number of carbonyl (C=O) groups is 2. The van der Waals surface area contributed by atoms with Crippen molar-refractivity contribution in [2.75, 3.05) is 33.2 Å². The minimum absolute atomic E-state index is 0.164. The monoisotopic (exact) mass is 582 g/mol. The van der Waals surface area contributed by atoms with Gasteiger partial charge in [-0.15, -0.1) is 0 Å². The van der Waals surface area contributed by atoms with Crippen LogP contribution in [0.4, 0.5) is 4.39 Å². The molecule has 226 valence electrons. The molecule has 0 N–H and O–H groups in total. The van der Waals surface area contributed by atoms with Crippen molar-refractivity contribution < 1.29 is 37.1 Å². The highest BCUT2D eigenvalue weighted by atomic mass is 31.2. The van der Waals surface area contributed by atoms with Crippen molar-refractivity contribution in [1.82, 2.24) is 0 Å². The topological polar surface area (TPSA) is 88.1 Å². The molecule has 0 aliphatic heterocycles. The molecule has 0 bridgehead atoms. The lowest BCUT2D eigenvalue weighted by Gasteiger charge is -2.22. The van der Waals surface area contributed by atoms with Crippen molar-refractivity contribution >= 4 is 27.6 Å². The normalized spacial score (nSPS) is 14.2. The van der Waals surface area contributed by atoms with Gasteiger partial charge in [-0.05, 0) is 12.8 Å². The van der Waals surface area contributed by atoms with E-state index in [2.05, 4.69) is 31.3 Å². The molecule has 0 rings (SSSR count). The lowest BCUT2D eigenvalue weighted by atomic mass is 10.0. The minimum Gasteiger partial charge on any atom is -0.469 e. The molecule has 0 aliphatic carbocycles. The van der Waals surface area contributed by atoms with Gasteiger partial charge in [-0.3, -0.25) is 14.2 Å². The van der Waals surface area contributed by atoms with Gasteiger partial charge >= 0.3 is 19.5 Å². The highest BCUT2D eigenvalue weighted by Gasteiger charge is 2.31. The highest BCUT2D eigenvalue weighted by molar-refractivity contribution is 7.54. The molecule has 0 radical (unpaired) electrons. The summed E-state index contributed by atoms with van der Waals surface area (Å²) in [4.78, 5) is 23.9. The number of esters is 2. The first-order valence-electron chi connectivity index (χ1n) is 14.8. The number of alkyl halides is 1. The van der Waals surface area contributed by atoms with Gasteiger partial charge in [0.05, 0.1) is 20.3 Å². The standard InChI is InChI=1S/C28H56FO7PSi/c1-6-7-8-9-10-11-12-13-14-15-16-17-18-20-27(30)36-26(23-29)24-35-37(32,25-28(31)33-2)34-21-19-22-38(3,4)5/h26H,6-25H2,1-5H3/t26-,37?/m1/s1. The van der Waals surface area contributed by atoms with Crippen LogP contribution in [0.3, 0.4) is 0 Å². The Bertz CT molecular complexity index is 658. The smallest absolute Gasteiger partial charge is 0.341 e. The molecular weight excluding hydrogens is 526 g/mol. The Kier molecular flexibility index (Phi) is 22.5. The van der Waals surface area contributed by atoms with E-state index in [1.54, 1.807) is 0 Å². The number of hydrogen-bond acceptors (Lipinski definition) is 7. The maximum atomic E-state index is 13.5. The van der Waals surface area contributed by atoms with Crippen molar-refractivity contribution in [3.8, 4) is 0 Å². The summed E-state index contributed by atoms with van der Waals surface area (Å²) in [7, 11) is -3.97. The van der Waals surface area contributed by atoms with Crippen molar-refractivity contribution in [3.05, 3.63) is 0 Å². The van der Waals surface area contributed by atoms with Gasteiger partial charge < -0.3 is 18.5 Å². The molecule has 2 atom stereocenters. The summed E-state index contributed by atoms with van der Waals surface area (Å²) in [5.74, 6) is -1.24. The average molecular weight is 583 g/mol. The SMILES string of the molecule is CCCCCCCCCCCCCCCC(=O)O[C@H](CF)COP(=O)(CC(=O)OC)OCCC[Si](C)(C)C. The van der Waals surface area contributed by atoms with E-state index < -0.39 is 53.2 Å². The second-order valence-corrected chi connectivity index (χ2v) is 19.1. The third kappa shape index (κ3) is 23.2. The molecule has 0 aliphatic rings. The Hall–Kier alpha value is -0.763. The van der Waals surface area contributed by atoms with Gasteiger partial charge in [0.15, 0.2) is 6.10 Å². The first-order valence-corrected chi connectivity index (χ1v) is 20.2. The number of ether oxygens (including phenoxy) is 2. The lowest BCUT2D eigenvalue weighted by Crippen LogP contribution is -2.26. The van der Waals surface area contributed by atoms with Gasteiger partial charge in [0.25, 0.3) is 0 Å². The maximum absolute atomic E-state index is 13.5. The lowest BCUT2D eigenvalue weighted by molar-refractivity contribution is -0.152. The fraction of sp³-hybridized carbons (Fsp3) is 0.929. The quantitative estimate of drug-likeness (QED) is 0.0437. The number of halogens is 1. The second kappa shape index (κ2) is 23.0. The van der Waals surface area contributed by atoms with Crippen molar-refractivity contribution in [2.24, 2.45) is 0 Å². The first kappa shape index (κ1) is 37.2. The van der Waals surface area contributed by atoms with Gasteiger partial charge in [0.1, 0.15) is 12.8 Å². The largest absolute Gasteiger partial charge is 0.469 e. The summed E-state index contributed by atoms with van der Waals surface area (Å²) in [5, 5.41) is 0. The van der Waals surface area contributed by atoms with E-state index >= 15 is 0 Å². The number of carbonyl (C=O) groups excluding carboxylic acids is 2. The van der Waals surface area contributed by atoms with Crippen LogP contribution in [0.5, 0.6) is 0 Å². The van der Waals surface area contributed by atoms with E-state index in [9.17, 15) is 18.5 Å². The average Bonchev–Trinajstić information content (AvgIpc) is 2.86. The Morgan fingerprint density at radius 1 is 0.789 bits per heavy atom. The number of unbranched alkanes of at least 4 members (excludes halogenated alkanes) is 12. The Labute approximate surface area is 232 Å². The number of hydrogen-bond donors (Lipinski definition) is 0. The van der Waals surface area contributed by atoms with E-state index in [1.165, 1.54) is 71.3 Å². The third-order valence-electron chi connectivity index (χ3n) is 6.32. The first-order chi connectivity index (χ1) is 18.0. The van der Waals surface area contributed by atoms with E-state index in [0.717, 1.165) is 18.9 Å². The zero-order valence-corrected chi connectivity index (χ0v) is 26.8. The van der Waals surface area contributed by atoms with E-state index in [0.29, 0.717) is 12.8 Å². The summed E-state index contributed by atoms with van der Waals surface area (Å²) < 4.78 is 47.1. The van der Waals surface area contributed by atoms with E-state index in [-0.39, 0.29) is 13.0 Å². The maximum Gasteiger partial charge on any atom is 0.341 e. The van der Waals surface area contributed by atoms with Gasteiger partial charge in [-0.25, -0.2) is 4.39 Å². The van der Waals surface area contributed by atoms with Crippen LogP contribution in [0.1, 0.15) is 103 Å². The van der Waals surface area contributed by atoms with E-state index in [4.69, 9.17) is 13.8 Å². The molecule has 10 heteroatoms. The summed E-state index contributed by atoms with van der Waals surface area (Å²) in [5.41, 5.74) is 0. The van der Waals surface area contributed by atoms with Crippen LogP contribution in [-0.4, -0.2) is 59.3 Å². The zero-order chi connectivity index (χ0) is 28.7. The Morgan fingerprint density at radius 3 is 1.79 bits per heavy atom. The second-order valence-electron chi connectivity index (χ2n) is 11.4. The van der Waals surface area contributed by atoms with E-state index in [1.807, 2.05) is 0 Å². The zero-order valence-electron chi connectivity index (χ0n) is 24.9. The van der Waals surface area contributed by atoms with Crippen LogP contribution in [0.15, 0.2) is 0 Å². The molecule has 0 aromatic carbocycles. The Morgan fingerprint density at radius 2 is 1.32 bits per heavy atom. The Balaban J connectivity index is 4.17. The van der Waals surface area contributed by atoms with Crippen LogP contribution >= 0.6 is 7.60 Å². The fourth-order valence-corrected chi connectivity index (χ4v) is 6.70. The van der Waals surface area contributed by atoms with Gasteiger partial charge in [0, 0.05) is 14.5 Å². The van der Waals surface area contributed by atoms with Crippen LogP contribution in [-0.2, 0) is 32.7 Å². The van der Waals surface area contributed by atoms with Crippen molar-refractivity contribution in [2.45, 2.75) is 135 Å².